The van der Waals surface area contributed by atoms with Gasteiger partial charge in [0, 0.05) is 6.07 Å². The molecule has 0 aliphatic rings. The van der Waals surface area contributed by atoms with E-state index in [2.05, 4.69) is 0 Å². The van der Waals surface area contributed by atoms with E-state index in [4.69, 9.17) is 26.7 Å². The van der Waals surface area contributed by atoms with Crippen LogP contribution in [0.3, 0.4) is 0 Å². The molecule has 0 heterocycles. The summed E-state index contributed by atoms with van der Waals surface area (Å²) in [6, 6.07) is 1.04. The fraction of sp³-hybridized carbons (Fsp3) is 0.250. The van der Waals surface area contributed by atoms with E-state index in [9.17, 15) is 4.39 Å². The van der Waals surface area contributed by atoms with Crippen molar-refractivity contribution >= 4 is 11.6 Å². The minimum atomic E-state index is -0.868. The normalized spacial score (nSPS) is 10.3. The van der Waals surface area contributed by atoms with Gasteiger partial charge in [0.15, 0.2) is 11.6 Å². The second kappa shape index (κ2) is 4.45. The monoisotopic (exact) mass is 221 g/mol. The van der Waals surface area contributed by atoms with Gasteiger partial charge in [-0.25, -0.2) is 9.87 Å². The van der Waals surface area contributed by atoms with Crippen LogP contribution < -0.4 is 10.2 Å². The highest BCUT2D eigenvalue weighted by Crippen LogP contribution is 2.35. The molecule has 1 aromatic rings. The lowest BCUT2D eigenvalue weighted by Gasteiger charge is -2.11. The topological polar surface area (TPSA) is 61.7 Å². The van der Waals surface area contributed by atoms with Crippen LogP contribution in [0.15, 0.2) is 6.07 Å². The van der Waals surface area contributed by atoms with E-state index in [-0.39, 0.29) is 22.9 Å². The Morgan fingerprint density at radius 3 is 2.79 bits per heavy atom. The molecular weight excluding hydrogens is 213 g/mol. The molecule has 0 unspecified atom stereocenters. The summed E-state index contributed by atoms with van der Waals surface area (Å²) in [6.45, 7) is -0.205. The fourth-order valence-corrected chi connectivity index (χ4v) is 1.40. The van der Waals surface area contributed by atoms with Crippen LogP contribution in [-0.4, -0.2) is 17.4 Å². The van der Waals surface area contributed by atoms with Crippen molar-refractivity contribution in [2.75, 3.05) is 7.11 Å². The first-order chi connectivity index (χ1) is 6.61. The Hall–Kier alpha value is -1.04. The number of hydrogen-bond donors (Lipinski definition) is 3. The van der Waals surface area contributed by atoms with Gasteiger partial charge in [-0.05, 0) is 0 Å². The molecule has 3 N–H and O–H groups in total. The molecule has 0 fully saturated rings. The quantitative estimate of drug-likeness (QED) is 0.680. The van der Waals surface area contributed by atoms with Crippen LogP contribution >= 0.6 is 11.6 Å². The number of halogens is 2. The molecule has 0 saturated heterocycles. The van der Waals surface area contributed by atoms with Gasteiger partial charge in [0.25, 0.3) is 0 Å². The first-order valence-corrected chi connectivity index (χ1v) is 4.10. The van der Waals surface area contributed by atoms with Crippen molar-refractivity contribution in [2.45, 2.75) is 6.54 Å². The van der Waals surface area contributed by atoms with Gasteiger partial charge in [-0.2, -0.15) is 0 Å². The third-order valence-electron chi connectivity index (χ3n) is 1.70. The summed E-state index contributed by atoms with van der Waals surface area (Å²) in [7, 11) is 1.32. The highest BCUT2D eigenvalue weighted by molar-refractivity contribution is 6.32. The zero-order chi connectivity index (χ0) is 10.7. The van der Waals surface area contributed by atoms with Gasteiger partial charge < -0.3 is 15.1 Å². The molecule has 4 nitrogen and oxygen atoms in total. The van der Waals surface area contributed by atoms with Crippen molar-refractivity contribution in [3.63, 3.8) is 0 Å². The second-order valence-corrected chi connectivity index (χ2v) is 2.95. The van der Waals surface area contributed by atoms with Gasteiger partial charge in [-0.1, -0.05) is 11.6 Å². The zero-order valence-electron chi connectivity index (χ0n) is 7.34. The minimum Gasteiger partial charge on any atom is -0.505 e. The fourth-order valence-electron chi connectivity index (χ4n) is 1.10. The highest BCUT2D eigenvalue weighted by atomic mass is 35.5. The molecular formula is C8H9ClFNO3. The van der Waals surface area contributed by atoms with E-state index in [0.29, 0.717) is 0 Å². The second-order valence-electron chi connectivity index (χ2n) is 2.54. The Labute approximate surface area is 84.8 Å². The van der Waals surface area contributed by atoms with E-state index in [1.807, 2.05) is 0 Å². The molecule has 0 spiro atoms. The van der Waals surface area contributed by atoms with Crippen LogP contribution in [0.1, 0.15) is 5.56 Å². The molecule has 0 aliphatic carbocycles. The largest absolute Gasteiger partial charge is 0.505 e. The number of ether oxygens (including phenoxy) is 1. The van der Waals surface area contributed by atoms with Gasteiger partial charge in [0.1, 0.15) is 5.75 Å². The maximum absolute atomic E-state index is 13.3. The SMILES string of the molecule is COc1c(Cl)cc(O)c(F)c1CNO. The van der Waals surface area contributed by atoms with E-state index >= 15 is 0 Å². The molecule has 0 bridgehead atoms. The lowest BCUT2D eigenvalue weighted by atomic mass is 10.1. The summed E-state index contributed by atoms with van der Waals surface area (Å²) in [5, 5.41) is 17.6. The molecule has 14 heavy (non-hydrogen) atoms. The van der Waals surface area contributed by atoms with Crippen molar-refractivity contribution < 1.29 is 19.4 Å². The molecule has 0 radical (unpaired) electrons. The third kappa shape index (κ3) is 1.89. The summed E-state index contributed by atoms with van der Waals surface area (Å²) in [6.07, 6.45) is 0. The standard InChI is InChI=1S/C8H9ClFNO3/c1-14-8-4(3-11-13)7(10)6(12)2-5(8)9/h2,11-13H,3H2,1H3. The first-order valence-electron chi connectivity index (χ1n) is 3.72. The number of nitrogens with one attached hydrogen (secondary N) is 1. The maximum Gasteiger partial charge on any atom is 0.173 e. The van der Waals surface area contributed by atoms with Crippen LogP contribution in [0.4, 0.5) is 4.39 Å². The smallest absolute Gasteiger partial charge is 0.173 e. The average Bonchev–Trinajstić information content (AvgIpc) is 2.14. The van der Waals surface area contributed by atoms with Crippen molar-refractivity contribution in [1.29, 1.82) is 0 Å². The van der Waals surface area contributed by atoms with Crippen LogP contribution in [0.2, 0.25) is 5.02 Å². The van der Waals surface area contributed by atoms with Gasteiger partial charge in [-0.15, -0.1) is 0 Å². The van der Waals surface area contributed by atoms with E-state index < -0.39 is 11.6 Å². The minimum absolute atomic E-state index is 0.0278. The molecule has 0 aromatic heterocycles. The number of aromatic hydroxyl groups is 1. The first kappa shape index (κ1) is 11.0. The Morgan fingerprint density at radius 2 is 2.29 bits per heavy atom. The predicted octanol–water partition coefficient (Wildman–Crippen LogP) is 1.67. The van der Waals surface area contributed by atoms with Crippen LogP contribution in [0.5, 0.6) is 11.5 Å². The van der Waals surface area contributed by atoms with Crippen LogP contribution in [0, 0.1) is 5.82 Å². The number of phenols is 1. The maximum atomic E-state index is 13.3. The van der Waals surface area contributed by atoms with Crippen molar-refractivity contribution in [1.82, 2.24) is 5.48 Å². The lowest BCUT2D eigenvalue weighted by molar-refractivity contribution is 0.158. The average molecular weight is 222 g/mol. The van der Waals surface area contributed by atoms with Crippen molar-refractivity contribution in [3.8, 4) is 11.5 Å². The number of rotatable bonds is 3. The third-order valence-corrected chi connectivity index (χ3v) is 1.98. The summed E-state index contributed by atoms with van der Waals surface area (Å²) < 4.78 is 18.1. The number of hydrogen-bond acceptors (Lipinski definition) is 4. The number of hydroxylamine groups is 1. The Balaban J connectivity index is 3.32. The summed E-state index contributed by atoms with van der Waals surface area (Å²) in [5.74, 6) is -1.36. The molecule has 0 saturated carbocycles. The number of methoxy groups -OCH3 is 1. The summed E-state index contributed by atoms with van der Waals surface area (Å²) >= 11 is 5.68. The van der Waals surface area contributed by atoms with Crippen molar-refractivity contribution in [2.24, 2.45) is 0 Å². The number of benzene rings is 1. The number of phenolic OH excluding ortho intramolecular Hbond substituents is 1. The van der Waals surface area contributed by atoms with Crippen LogP contribution in [-0.2, 0) is 6.54 Å². The Kier molecular flexibility index (Phi) is 3.51. The summed E-state index contributed by atoms with van der Waals surface area (Å²) in [5.41, 5.74) is 1.74. The predicted molar refractivity (Wildman–Crippen MR) is 48.3 cm³/mol. The zero-order valence-corrected chi connectivity index (χ0v) is 8.10. The molecule has 0 atom stereocenters. The van der Waals surface area contributed by atoms with E-state index in [1.54, 1.807) is 5.48 Å². The van der Waals surface area contributed by atoms with E-state index in [0.717, 1.165) is 6.07 Å². The molecule has 0 amide bonds. The van der Waals surface area contributed by atoms with Crippen LogP contribution in [0.25, 0.3) is 0 Å². The van der Waals surface area contributed by atoms with Gasteiger partial charge in [-0.3, -0.25) is 0 Å². The lowest BCUT2D eigenvalue weighted by Crippen LogP contribution is -2.10. The van der Waals surface area contributed by atoms with Gasteiger partial charge >= 0.3 is 0 Å². The van der Waals surface area contributed by atoms with Gasteiger partial charge in [0.2, 0.25) is 0 Å². The molecule has 6 heteroatoms. The Morgan fingerprint density at radius 1 is 1.64 bits per heavy atom. The summed E-state index contributed by atoms with van der Waals surface area (Å²) in [4.78, 5) is 0. The van der Waals surface area contributed by atoms with Gasteiger partial charge in [0.05, 0.1) is 24.2 Å². The van der Waals surface area contributed by atoms with Crippen molar-refractivity contribution in [3.05, 3.63) is 22.5 Å². The highest BCUT2D eigenvalue weighted by Gasteiger charge is 2.17. The molecule has 1 rings (SSSR count). The van der Waals surface area contributed by atoms with E-state index in [1.165, 1.54) is 7.11 Å². The Bertz CT molecular complexity index is 346. The molecule has 0 aliphatic heterocycles. The molecule has 78 valence electrons. The molecule has 1 aromatic carbocycles.